The van der Waals surface area contributed by atoms with Crippen LogP contribution in [0.1, 0.15) is 24.4 Å². The standard InChI is InChI=1S/C12H14BrN3S/c1-7(6-14)12-15-8(2)5-9(16-12)10-3-4-11(13)17-10/h3-5,7H,6,14H2,1-2H3. The fourth-order valence-corrected chi connectivity index (χ4v) is 2.84. The van der Waals surface area contributed by atoms with Crippen molar-refractivity contribution < 1.29 is 0 Å². The Morgan fingerprint density at radius 1 is 1.41 bits per heavy atom. The third-order valence-corrected chi connectivity index (χ3v) is 4.14. The first-order chi connectivity index (χ1) is 8.10. The molecule has 0 bridgehead atoms. The molecule has 0 aliphatic carbocycles. The van der Waals surface area contributed by atoms with Gasteiger partial charge >= 0.3 is 0 Å². The molecule has 0 spiro atoms. The molecule has 1 unspecified atom stereocenters. The fraction of sp³-hybridized carbons (Fsp3) is 0.333. The number of aromatic nitrogens is 2. The highest BCUT2D eigenvalue weighted by atomic mass is 79.9. The lowest BCUT2D eigenvalue weighted by Gasteiger charge is -2.09. The molecule has 0 aliphatic rings. The van der Waals surface area contributed by atoms with Crippen LogP contribution in [0.2, 0.25) is 0 Å². The van der Waals surface area contributed by atoms with E-state index in [9.17, 15) is 0 Å². The van der Waals surface area contributed by atoms with Crippen molar-refractivity contribution in [2.24, 2.45) is 5.73 Å². The number of nitrogens with two attached hydrogens (primary N) is 1. The number of halogens is 1. The summed E-state index contributed by atoms with van der Waals surface area (Å²) in [4.78, 5) is 10.2. The first kappa shape index (κ1) is 12.7. The van der Waals surface area contributed by atoms with Crippen LogP contribution in [0, 0.1) is 6.92 Å². The second-order valence-corrected chi connectivity index (χ2v) is 6.46. The van der Waals surface area contributed by atoms with E-state index in [1.54, 1.807) is 11.3 Å². The first-order valence-corrected chi connectivity index (χ1v) is 7.02. The SMILES string of the molecule is Cc1cc(-c2ccc(Br)s2)nc(C(C)CN)n1. The summed E-state index contributed by atoms with van der Waals surface area (Å²) in [5.41, 5.74) is 7.62. The Bertz CT molecular complexity index is 524. The zero-order valence-corrected chi connectivity index (χ0v) is 12.2. The van der Waals surface area contributed by atoms with E-state index in [-0.39, 0.29) is 5.92 Å². The van der Waals surface area contributed by atoms with Crippen LogP contribution in [-0.4, -0.2) is 16.5 Å². The maximum absolute atomic E-state index is 5.66. The lowest BCUT2D eigenvalue weighted by molar-refractivity contribution is 0.708. The van der Waals surface area contributed by atoms with Crippen molar-refractivity contribution in [2.45, 2.75) is 19.8 Å². The molecule has 90 valence electrons. The molecule has 0 saturated heterocycles. The van der Waals surface area contributed by atoms with Gasteiger partial charge in [-0.2, -0.15) is 0 Å². The van der Waals surface area contributed by atoms with E-state index in [0.29, 0.717) is 6.54 Å². The van der Waals surface area contributed by atoms with Gasteiger partial charge in [-0.1, -0.05) is 6.92 Å². The van der Waals surface area contributed by atoms with Gasteiger partial charge in [0, 0.05) is 18.2 Å². The number of hydrogen-bond acceptors (Lipinski definition) is 4. The smallest absolute Gasteiger partial charge is 0.133 e. The molecule has 0 radical (unpaired) electrons. The molecule has 2 N–H and O–H groups in total. The second kappa shape index (κ2) is 5.25. The third-order valence-electron chi connectivity index (χ3n) is 2.49. The molecule has 17 heavy (non-hydrogen) atoms. The highest BCUT2D eigenvalue weighted by Gasteiger charge is 2.11. The number of rotatable bonds is 3. The minimum absolute atomic E-state index is 0.192. The van der Waals surface area contributed by atoms with Crippen LogP contribution in [0.4, 0.5) is 0 Å². The average molecular weight is 312 g/mol. The van der Waals surface area contributed by atoms with Crippen molar-refractivity contribution in [3.05, 3.63) is 33.5 Å². The lowest BCUT2D eigenvalue weighted by atomic mass is 10.1. The minimum Gasteiger partial charge on any atom is -0.330 e. The van der Waals surface area contributed by atoms with Gasteiger partial charge in [0.05, 0.1) is 14.4 Å². The Morgan fingerprint density at radius 2 is 2.18 bits per heavy atom. The number of aryl methyl sites for hydroxylation is 1. The summed E-state index contributed by atoms with van der Waals surface area (Å²) in [6.45, 7) is 4.60. The fourth-order valence-electron chi connectivity index (χ4n) is 1.50. The maximum Gasteiger partial charge on any atom is 0.133 e. The van der Waals surface area contributed by atoms with Crippen LogP contribution in [0.3, 0.4) is 0 Å². The van der Waals surface area contributed by atoms with E-state index in [0.717, 1.165) is 25.9 Å². The topological polar surface area (TPSA) is 51.8 Å². The normalized spacial score (nSPS) is 12.7. The van der Waals surface area contributed by atoms with Gasteiger partial charge in [-0.3, -0.25) is 0 Å². The van der Waals surface area contributed by atoms with Crippen LogP contribution < -0.4 is 5.73 Å². The van der Waals surface area contributed by atoms with E-state index in [1.807, 2.05) is 26.0 Å². The van der Waals surface area contributed by atoms with E-state index in [1.165, 1.54) is 0 Å². The summed E-state index contributed by atoms with van der Waals surface area (Å²) in [6, 6.07) is 6.10. The Balaban J connectivity index is 2.44. The Morgan fingerprint density at radius 3 is 2.76 bits per heavy atom. The van der Waals surface area contributed by atoms with Gasteiger partial charge in [0.25, 0.3) is 0 Å². The molecule has 0 aliphatic heterocycles. The van der Waals surface area contributed by atoms with Gasteiger partial charge in [0.1, 0.15) is 5.82 Å². The molecular formula is C12H14BrN3S. The van der Waals surface area contributed by atoms with Gasteiger partial charge < -0.3 is 5.73 Å². The second-order valence-electron chi connectivity index (χ2n) is 3.99. The summed E-state index contributed by atoms with van der Waals surface area (Å²) in [5.74, 6) is 1.02. The van der Waals surface area contributed by atoms with E-state index < -0.39 is 0 Å². The number of nitrogens with zero attached hydrogens (tertiary/aromatic N) is 2. The molecule has 0 aromatic carbocycles. The van der Waals surface area contributed by atoms with Crippen molar-refractivity contribution >= 4 is 27.3 Å². The molecule has 2 aromatic heterocycles. The highest BCUT2D eigenvalue weighted by Crippen LogP contribution is 2.30. The highest BCUT2D eigenvalue weighted by molar-refractivity contribution is 9.11. The molecule has 2 heterocycles. The summed E-state index contributed by atoms with van der Waals surface area (Å²) < 4.78 is 1.11. The largest absolute Gasteiger partial charge is 0.330 e. The summed E-state index contributed by atoms with van der Waals surface area (Å²) >= 11 is 5.14. The molecule has 2 rings (SSSR count). The average Bonchev–Trinajstić information content (AvgIpc) is 2.74. The maximum atomic E-state index is 5.66. The molecular weight excluding hydrogens is 298 g/mol. The quantitative estimate of drug-likeness (QED) is 0.945. The molecule has 3 nitrogen and oxygen atoms in total. The van der Waals surface area contributed by atoms with E-state index >= 15 is 0 Å². The van der Waals surface area contributed by atoms with Crippen LogP contribution in [-0.2, 0) is 0 Å². The molecule has 2 aromatic rings. The monoisotopic (exact) mass is 311 g/mol. The minimum atomic E-state index is 0.192. The Kier molecular flexibility index (Phi) is 3.91. The van der Waals surface area contributed by atoms with Crippen molar-refractivity contribution in [3.8, 4) is 10.6 Å². The molecule has 0 fully saturated rings. The van der Waals surface area contributed by atoms with Gasteiger partial charge in [-0.15, -0.1) is 11.3 Å². The lowest BCUT2D eigenvalue weighted by Crippen LogP contribution is -2.13. The van der Waals surface area contributed by atoms with Gasteiger partial charge in [-0.05, 0) is 41.1 Å². The van der Waals surface area contributed by atoms with Crippen LogP contribution in [0.5, 0.6) is 0 Å². The third kappa shape index (κ3) is 2.91. The predicted molar refractivity (Wildman–Crippen MR) is 75.3 cm³/mol. The zero-order chi connectivity index (χ0) is 12.4. The summed E-state index contributed by atoms with van der Waals surface area (Å²) in [6.07, 6.45) is 0. The van der Waals surface area contributed by atoms with Gasteiger partial charge in [-0.25, -0.2) is 9.97 Å². The Hall–Kier alpha value is -0.780. The van der Waals surface area contributed by atoms with Crippen LogP contribution in [0.25, 0.3) is 10.6 Å². The summed E-state index contributed by atoms with van der Waals surface area (Å²) in [5, 5.41) is 0. The predicted octanol–water partition coefficient (Wildman–Crippen LogP) is 3.34. The molecule has 0 saturated carbocycles. The van der Waals surface area contributed by atoms with Crippen molar-refractivity contribution in [2.75, 3.05) is 6.54 Å². The van der Waals surface area contributed by atoms with Crippen molar-refractivity contribution in [3.63, 3.8) is 0 Å². The Labute approximate surface area is 113 Å². The number of hydrogen-bond donors (Lipinski definition) is 1. The van der Waals surface area contributed by atoms with Crippen molar-refractivity contribution in [1.29, 1.82) is 0 Å². The van der Waals surface area contributed by atoms with Crippen LogP contribution >= 0.6 is 27.3 Å². The van der Waals surface area contributed by atoms with E-state index in [4.69, 9.17) is 5.73 Å². The molecule has 5 heteroatoms. The van der Waals surface area contributed by atoms with Crippen molar-refractivity contribution in [1.82, 2.24) is 9.97 Å². The molecule has 0 amide bonds. The summed E-state index contributed by atoms with van der Waals surface area (Å²) in [7, 11) is 0. The number of thiophene rings is 1. The zero-order valence-electron chi connectivity index (χ0n) is 9.77. The van der Waals surface area contributed by atoms with Gasteiger partial charge in [0.15, 0.2) is 0 Å². The van der Waals surface area contributed by atoms with Crippen LogP contribution in [0.15, 0.2) is 22.0 Å². The molecule has 1 atom stereocenters. The van der Waals surface area contributed by atoms with Gasteiger partial charge in [0.2, 0.25) is 0 Å². The first-order valence-electron chi connectivity index (χ1n) is 5.41. The van der Waals surface area contributed by atoms with E-state index in [2.05, 4.69) is 32.0 Å².